The molecule has 112 valence electrons. The zero-order valence-electron chi connectivity index (χ0n) is 11.8. The van der Waals surface area contributed by atoms with Crippen molar-refractivity contribution in [2.24, 2.45) is 11.8 Å². The van der Waals surface area contributed by atoms with Crippen LogP contribution in [-0.4, -0.2) is 40.1 Å². The van der Waals surface area contributed by atoms with E-state index in [9.17, 15) is 9.59 Å². The van der Waals surface area contributed by atoms with Gasteiger partial charge in [0.1, 0.15) is 5.69 Å². The Morgan fingerprint density at radius 2 is 2.00 bits per heavy atom. The lowest BCUT2D eigenvalue weighted by molar-refractivity contribution is 0.0690. The highest BCUT2D eigenvalue weighted by Crippen LogP contribution is 2.37. The molecule has 1 saturated heterocycles. The smallest absolute Gasteiger partial charge is 0.354 e. The van der Waals surface area contributed by atoms with E-state index < -0.39 is 5.97 Å². The van der Waals surface area contributed by atoms with Crippen molar-refractivity contribution in [3.63, 3.8) is 0 Å². The largest absolute Gasteiger partial charge is 0.477 e. The van der Waals surface area contributed by atoms with Gasteiger partial charge >= 0.3 is 12.0 Å². The maximum Gasteiger partial charge on any atom is 0.354 e. The molecule has 2 fully saturated rings. The van der Waals surface area contributed by atoms with Crippen LogP contribution in [0.4, 0.5) is 4.79 Å². The number of likely N-dealkylation sites (tertiary alicyclic amines) is 1. The number of carboxylic acids is 1. The fourth-order valence-electron chi connectivity index (χ4n) is 3.35. The Bertz CT molecular complexity index is 532. The van der Waals surface area contributed by atoms with Gasteiger partial charge in [-0.25, -0.2) is 14.6 Å². The second-order valence-corrected chi connectivity index (χ2v) is 5.87. The maximum atomic E-state index is 12.1. The van der Waals surface area contributed by atoms with E-state index in [2.05, 4.69) is 10.3 Å². The summed E-state index contributed by atoms with van der Waals surface area (Å²) in [6, 6.07) is 3.09. The molecule has 2 atom stereocenters. The third kappa shape index (κ3) is 2.99. The molecule has 21 heavy (non-hydrogen) atoms. The van der Waals surface area contributed by atoms with Crippen molar-refractivity contribution in [1.29, 1.82) is 0 Å². The van der Waals surface area contributed by atoms with Crippen LogP contribution in [0.25, 0.3) is 0 Å². The van der Waals surface area contributed by atoms with E-state index in [-0.39, 0.29) is 11.7 Å². The number of amides is 2. The second kappa shape index (κ2) is 5.71. The Morgan fingerprint density at radius 3 is 2.57 bits per heavy atom. The summed E-state index contributed by atoms with van der Waals surface area (Å²) in [4.78, 5) is 28.6. The van der Waals surface area contributed by atoms with Gasteiger partial charge in [-0.2, -0.15) is 0 Å². The first kappa shape index (κ1) is 13.9. The van der Waals surface area contributed by atoms with E-state index in [4.69, 9.17) is 5.11 Å². The predicted molar refractivity (Wildman–Crippen MR) is 75.8 cm³/mol. The number of hydrogen-bond donors (Lipinski definition) is 2. The molecular weight excluding hydrogens is 270 g/mol. The van der Waals surface area contributed by atoms with Crippen molar-refractivity contribution in [2.45, 2.75) is 25.8 Å². The monoisotopic (exact) mass is 289 g/mol. The molecule has 6 nitrogen and oxygen atoms in total. The topological polar surface area (TPSA) is 82.5 Å². The first-order valence-electron chi connectivity index (χ1n) is 7.34. The number of fused-ring (bicyclic) bond motifs is 1. The summed E-state index contributed by atoms with van der Waals surface area (Å²) in [7, 11) is 0. The molecule has 0 radical (unpaired) electrons. The van der Waals surface area contributed by atoms with Crippen LogP contribution in [0.5, 0.6) is 0 Å². The summed E-state index contributed by atoms with van der Waals surface area (Å²) in [5, 5.41) is 11.7. The summed E-state index contributed by atoms with van der Waals surface area (Å²) in [5.74, 6) is 0.328. The van der Waals surface area contributed by atoms with Gasteiger partial charge in [-0.1, -0.05) is 12.5 Å². The van der Waals surface area contributed by atoms with E-state index in [1.165, 1.54) is 31.5 Å². The van der Waals surface area contributed by atoms with Crippen LogP contribution in [0.15, 0.2) is 18.3 Å². The van der Waals surface area contributed by atoms with E-state index in [0.717, 1.165) is 18.7 Å². The minimum atomic E-state index is -1.05. The predicted octanol–water partition coefficient (Wildman–Crippen LogP) is 1.72. The standard InChI is InChI=1S/C15H19N3O3/c19-14(20)13-5-4-10(6-16-13)7-17-15(21)18-8-11-2-1-3-12(11)9-18/h4-6,11-12H,1-3,7-9H2,(H,17,21)(H,19,20). The van der Waals surface area contributed by atoms with Gasteiger partial charge in [0.05, 0.1) is 0 Å². The van der Waals surface area contributed by atoms with Crippen molar-refractivity contribution < 1.29 is 14.7 Å². The molecule has 1 aromatic rings. The van der Waals surface area contributed by atoms with Crippen molar-refractivity contribution in [1.82, 2.24) is 15.2 Å². The summed E-state index contributed by atoms with van der Waals surface area (Å²) in [6.45, 7) is 2.11. The highest BCUT2D eigenvalue weighted by Gasteiger charge is 2.37. The van der Waals surface area contributed by atoms with E-state index in [1.807, 2.05) is 4.90 Å². The molecule has 0 bridgehead atoms. The minimum Gasteiger partial charge on any atom is -0.477 e. The number of carbonyl (C=O) groups is 2. The van der Waals surface area contributed by atoms with Gasteiger partial charge in [0.15, 0.2) is 0 Å². The second-order valence-electron chi connectivity index (χ2n) is 5.87. The van der Waals surface area contributed by atoms with Crippen LogP contribution < -0.4 is 5.32 Å². The van der Waals surface area contributed by atoms with E-state index in [0.29, 0.717) is 18.4 Å². The lowest BCUT2D eigenvalue weighted by atomic mass is 10.0. The molecule has 2 heterocycles. The van der Waals surface area contributed by atoms with Gasteiger partial charge in [0.25, 0.3) is 0 Å². The van der Waals surface area contributed by atoms with Gasteiger partial charge in [-0.3, -0.25) is 0 Å². The quantitative estimate of drug-likeness (QED) is 0.887. The third-order valence-corrected chi connectivity index (χ3v) is 4.50. The normalized spacial score (nSPS) is 23.9. The van der Waals surface area contributed by atoms with Gasteiger partial charge in [-0.05, 0) is 36.3 Å². The van der Waals surface area contributed by atoms with Gasteiger partial charge in [0.2, 0.25) is 0 Å². The molecular formula is C15H19N3O3. The molecule has 0 spiro atoms. The molecule has 1 aromatic heterocycles. The van der Waals surface area contributed by atoms with Crippen LogP contribution in [0.1, 0.15) is 35.3 Å². The van der Waals surface area contributed by atoms with Crippen LogP contribution in [0.2, 0.25) is 0 Å². The molecule has 2 amide bonds. The molecule has 6 heteroatoms. The number of pyridine rings is 1. The molecule has 1 saturated carbocycles. The Hall–Kier alpha value is -2.11. The fourth-order valence-corrected chi connectivity index (χ4v) is 3.35. The van der Waals surface area contributed by atoms with Gasteiger partial charge in [0, 0.05) is 25.8 Å². The number of nitrogens with one attached hydrogen (secondary N) is 1. The Balaban J connectivity index is 1.50. The lowest BCUT2D eigenvalue weighted by Crippen LogP contribution is -2.38. The third-order valence-electron chi connectivity index (χ3n) is 4.50. The minimum absolute atomic E-state index is 0.0115. The summed E-state index contributed by atoms with van der Waals surface area (Å²) < 4.78 is 0. The molecule has 1 aliphatic heterocycles. The van der Waals surface area contributed by atoms with Gasteiger partial charge < -0.3 is 15.3 Å². The highest BCUT2D eigenvalue weighted by atomic mass is 16.4. The maximum absolute atomic E-state index is 12.1. The fraction of sp³-hybridized carbons (Fsp3) is 0.533. The number of hydrogen-bond acceptors (Lipinski definition) is 3. The number of carbonyl (C=O) groups excluding carboxylic acids is 1. The Labute approximate surface area is 123 Å². The number of carboxylic acid groups (broad SMARTS) is 1. The van der Waals surface area contributed by atoms with E-state index in [1.54, 1.807) is 6.07 Å². The zero-order valence-corrected chi connectivity index (χ0v) is 11.8. The lowest BCUT2D eigenvalue weighted by Gasteiger charge is -2.18. The SMILES string of the molecule is O=C(O)c1ccc(CNC(=O)N2CC3CCCC3C2)cn1. The number of nitrogens with zero attached hydrogens (tertiary/aromatic N) is 2. The highest BCUT2D eigenvalue weighted by molar-refractivity contribution is 5.85. The van der Waals surface area contributed by atoms with Crippen LogP contribution in [-0.2, 0) is 6.54 Å². The molecule has 0 aromatic carbocycles. The molecule has 3 rings (SSSR count). The Kier molecular flexibility index (Phi) is 3.77. The van der Waals surface area contributed by atoms with Gasteiger partial charge in [-0.15, -0.1) is 0 Å². The average Bonchev–Trinajstić information content (AvgIpc) is 3.06. The van der Waals surface area contributed by atoms with Crippen molar-refractivity contribution in [2.75, 3.05) is 13.1 Å². The first-order chi connectivity index (χ1) is 10.1. The summed E-state index contributed by atoms with van der Waals surface area (Å²) >= 11 is 0. The van der Waals surface area contributed by atoms with Crippen LogP contribution in [0, 0.1) is 11.8 Å². The van der Waals surface area contributed by atoms with Crippen molar-refractivity contribution in [3.05, 3.63) is 29.6 Å². The van der Waals surface area contributed by atoms with E-state index >= 15 is 0 Å². The number of aromatic nitrogens is 1. The number of aromatic carboxylic acids is 1. The van der Waals surface area contributed by atoms with Crippen molar-refractivity contribution in [3.8, 4) is 0 Å². The average molecular weight is 289 g/mol. The van der Waals surface area contributed by atoms with Crippen LogP contribution >= 0.6 is 0 Å². The zero-order chi connectivity index (χ0) is 14.8. The number of rotatable bonds is 3. The molecule has 2 aliphatic rings. The summed E-state index contributed by atoms with van der Waals surface area (Å²) in [5.41, 5.74) is 0.810. The molecule has 2 unspecified atom stereocenters. The first-order valence-corrected chi connectivity index (χ1v) is 7.34. The van der Waals surface area contributed by atoms with Crippen LogP contribution in [0.3, 0.4) is 0 Å². The van der Waals surface area contributed by atoms with Crippen molar-refractivity contribution >= 4 is 12.0 Å². The molecule has 1 aliphatic carbocycles. The Morgan fingerprint density at radius 1 is 1.29 bits per heavy atom. The summed E-state index contributed by atoms with van der Waals surface area (Å²) in [6.07, 6.45) is 5.28. The molecule has 2 N–H and O–H groups in total. The number of urea groups is 1.